The molecule has 2 aliphatic rings. The normalized spacial score (nSPS) is 18.2. The van der Waals surface area contributed by atoms with Crippen LogP contribution in [0.2, 0.25) is 0 Å². The summed E-state index contributed by atoms with van der Waals surface area (Å²) >= 11 is 0. The highest BCUT2D eigenvalue weighted by Gasteiger charge is 2.60. The Hall–Kier alpha value is -6.52. The minimum absolute atomic E-state index is 0.218. The maximum atomic E-state index is 6.42. The van der Waals surface area contributed by atoms with Gasteiger partial charge in [-0.05, 0) is 59.5 Å². The van der Waals surface area contributed by atoms with Crippen molar-refractivity contribution in [2.45, 2.75) is 12.0 Å². The largest absolute Gasteiger partial charge is 0.455 e. The Morgan fingerprint density at radius 3 is 1.96 bits per heavy atom. The molecule has 2 unspecified atom stereocenters. The van der Waals surface area contributed by atoms with E-state index >= 15 is 0 Å². The highest BCUT2D eigenvalue weighted by atomic mass is 16.3. The summed E-state index contributed by atoms with van der Waals surface area (Å²) in [5, 5.41) is 4.78. The smallest absolute Gasteiger partial charge is 0.155 e. The SMILES string of the molecule is c1ccc(C2=NC(c3cccc(-c4cccc5c4oc4ccccc45)c3)=NC3(c4ccc(-n5c6ccccc6c6ccccc65)cc4)CC23)cc1. The van der Waals surface area contributed by atoms with Crippen molar-refractivity contribution in [2.24, 2.45) is 15.9 Å². The first kappa shape index (κ1) is 28.3. The van der Waals surface area contributed by atoms with Gasteiger partial charge in [0.25, 0.3) is 0 Å². The second-order valence-corrected chi connectivity index (χ2v) is 13.8. The minimum Gasteiger partial charge on any atom is -0.455 e. The van der Waals surface area contributed by atoms with Crippen molar-refractivity contribution in [1.82, 2.24) is 4.57 Å². The predicted molar refractivity (Wildman–Crippen MR) is 209 cm³/mol. The third kappa shape index (κ3) is 4.26. The van der Waals surface area contributed by atoms with E-state index in [1.54, 1.807) is 0 Å². The first-order chi connectivity index (χ1) is 25.2. The molecule has 9 aromatic rings. The standard InChI is InChI=1S/C47H31N3O/c1-2-12-30(13-3-1)44-40-29-47(40,33-24-26-34(27-25-33)50-41-21-7-4-16-36(41)37-17-5-8-22-42(37)50)49-46(48-44)32-15-10-14-31(28-32)35-19-11-20-39-38-18-6-9-23-43(38)51-45(35)39/h1-28,40H,29H2. The van der Waals surface area contributed by atoms with Crippen LogP contribution in [0.5, 0.6) is 0 Å². The van der Waals surface area contributed by atoms with Crippen LogP contribution in [0.3, 0.4) is 0 Å². The summed E-state index contributed by atoms with van der Waals surface area (Å²) in [6.45, 7) is 0. The average molecular weight is 654 g/mol. The number of rotatable bonds is 5. The molecule has 0 saturated heterocycles. The number of aromatic nitrogens is 1. The highest BCUT2D eigenvalue weighted by molar-refractivity contribution is 6.17. The molecule has 1 fully saturated rings. The molecule has 1 aliphatic heterocycles. The van der Waals surface area contributed by atoms with E-state index in [2.05, 4.69) is 162 Å². The van der Waals surface area contributed by atoms with Crippen molar-refractivity contribution < 1.29 is 4.42 Å². The van der Waals surface area contributed by atoms with E-state index in [0.29, 0.717) is 0 Å². The molecule has 2 atom stereocenters. The number of hydrogen-bond donors (Lipinski definition) is 0. The molecular formula is C47H31N3O. The van der Waals surface area contributed by atoms with Crippen LogP contribution in [0, 0.1) is 5.92 Å². The number of para-hydroxylation sites is 4. The third-order valence-corrected chi connectivity index (χ3v) is 10.9. The molecule has 0 spiro atoms. The molecule has 11 rings (SSSR count). The van der Waals surface area contributed by atoms with Crippen LogP contribution in [0.15, 0.2) is 184 Å². The maximum absolute atomic E-state index is 6.42. The summed E-state index contributed by atoms with van der Waals surface area (Å²) < 4.78 is 8.79. The summed E-state index contributed by atoms with van der Waals surface area (Å²) in [6.07, 6.45) is 0.928. The molecule has 51 heavy (non-hydrogen) atoms. The van der Waals surface area contributed by atoms with Crippen LogP contribution < -0.4 is 0 Å². The molecule has 0 amide bonds. The van der Waals surface area contributed by atoms with Crippen LogP contribution in [-0.4, -0.2) is 16.1 Å². The van der Waals surface area contributed by atoms with Crippen LogP contribution in [-0.2, 0) is 5.54 Å². The number of hydrogen-bond acceptors (Lipinski definition) is 3. The molecule has 2 aromatic heterocycles. The Bertz CT molecular complexity index is 2840. The van der Waals surface area contributed by atoms with Gasteiger partial charge in [-0.2, -0.15) is 0 Å². The van der Waals surface area contributed by atoms with Gasteiger partial charge in [-0.1, -0.05) is 133 Å². The van der Waals surface area contributed by atoms with Gasteiger partial charge < -0.3 is 8.98 Å². The van der Waals surface area contributed by atoms with Gasteiger partial charge in [-0.3, -0.25) is 4.99 Å². The number of benzene rings is 7. The van der Waals surface area contributed by atoms with E-state index in [-0.39, 0.29) is 11.5 Å². The second-order valence-electron chi connectivity index (χ2n) is 13.8. The number of amidine groups is 1. The van der Waals surface area contributed by atoms with Gasteiger partial charge in [-0.25, -0.2) is 4.99 Å². The maximum Gasteiger partial charge on any atom is 0.155 e. The van der Waals surface area contributed by atoms with Crippen molar-refractivity contribution >= 4 is 55.3 Å². The number of furan rings is 1. The second kappa shape index (κ2) is 10.7. The molecular weight excluding hydrogens is 623 g/mol. The third-order valence-electron chi connectivity index (χ3n) is 10.9. The molecule has 1 saturated carbocycles. The molecule has 0 N–H and O–H groups in total. The lowest BCUT2D eigenvalue weighted by atomic mass is 9.95. The van der Waals surface area contributed by atoms with Crippen molar-refractivity contribution in [3.8, 4) is 16.8 Å². The van der Waals surface area contributed by atoms with Gasteiger partial charge in [0, 0.05) is 44.3 Å². The molecule has 3 heterocycles. The Balaban J connectivity index is 1.03. The molecule has 1 aliphatic carbocycles. The van der Waals surface area contributed by atoms with E-state index < -0.39 is 0 Å². The lowest BCUT2D eigenvalue weighted by Crippen LogP contribution is -2.23. The average Bonchev–Trinajstić information content (AvgIpc) is 3.70. The molecule has 0 bridgehead atoms. The summed E-state index contributed by atoms with van der Waals surface area (Å²) in [6, 6.07) is 60.3. The molecule has 4 heteroatoms. The molecule has 7 aromatic carbocycles. The fourth-order valence-electron chi connectivity index (χ4n) is 8.39. The topological polar surface area (TPSA) is 42.8 Å². The number of nitrogens with zero attached hydrogens (tertiary/aromatic N) is 3. The van der Waals surface area contributed by atoms with Crippen LogP contribution in [0.4, 0.5) is 0 Å². The van der Waals surface area contributed by atoms with Crippen molar-refractivity contribution in [2.75, 3.05) is 0 Å². The Morgan fingerprint density at radius 1 is 0.549 bits per heavy atom. The zero-order valence-electron chi connectivity index (χ0n) is 27.7. The van der Waals surface area contributed by atoms with E-state index in [1.807, 2.05) is 12.1 Å². The zero-order chi connectivity index (χ0) is 33.5. The summed E-state index contributed by atoms with van der Waals surface area (Å²) in [5.41, 5.74) is 11.6. The summed E-state index contributed by atoms with van der Waals surface area (Å²) in [5.74, 6) is 0.989. The lowest BCUT2D eigenvalue weighted by Gasteiger charge is -2.22. The lowest BCUT2D eigenvalue weighted by molar-refractivity contribution is 0.670. The monoisotopic (exact) mass is 653 g/mol. The Kier molecular flexibility index (Phi) is 5.97. The highest BCUT2D eigenvalue weighted by Crippen LogP contribution is 2.59. The summed E-state index contributed by atoms with van der Waals surface area (Å²) in [4.78, 5) is 10.8. The first-order valence-corrected chi connectivity index (χ1v) is 17.6. The van der Waals surface area contributed by atoms with E-state index in [0.717, 1.165) is 67.8 Å². The summed E-state index contributed by atoms with van der Waals surface area (Å²) in [7, 11) is 0. The molecule has 240 valence electrons. The molecule has 4 nitrogen and oxygen atoms in total. The van der Waals surface area contributed by atoms with Gasteiger partial charge in [0.15, 0.2) is 5.84 Å². The Labute approximate surface area is 294 Å². The van der Waals surface area contributed by atoms with Crippen molar-refractivity contribution in [3.05, 3.63) is 187 Å². The van der Waals surface area contributed by atoms with Gasteiger partial charge in [-0.15, -0.1) is 0 Å². The van der Waals surface area contributed by atoms with E-state index in [4.69, 9.17) is 14.4 Å². The quantitative estimate of drug-likeness (QED) is 0.182. The van der Waals surface area contributed by atoms with Crippen LogP contribution in [0.1, 0.15) is 23.1 Å². The zero-order valence-corrected chi connectivity index (χ0v) is 27.7. The fraction of sp³-hybridized carbons (Fsp3) is 0.0638. The van der Waals surface area contributed by atoms with E-state index in [1.165, 1.54) is 27.4 Å². The van der Waals surface area contributed by atoms with Gasteiger partial charge in [0.2, 0.25) is 0 Å². The minimum atomic E-state index is -0.365. The van der Waals surface area contributed by atoms with Gasteiger partial charge >= 0.3 is 0 Å². The van der Waals surface area contributed by atoms with E-state index in [9.17, 15) is 0 Å². The number of aliphatic imine (C=N–C) groups is 2. The van der Waals surface area contributed by atoms with Crippen LogP contribution >= 0.6 is 0 Å². The van der Waals surface area contributed by atoms with Crippen molar-refractivity contribution in [1.29, 1.82) is 0 Å². The fourth-order valence-corrected chi connectivity index (χ4v) is 8.39. The molecule has 0 radical (unpaired) electrons. The first-order valence-electron chi connectivity index (χ1n) is 17.6. The van der Waals surface area contributed by atoms with Crippen LogP contribution in [0.25, 0.3) is 60.6 Å². The van der Waals surface area contributed by atoms with Crippen molar-refractivity contribution in [3.63, 3.8) is 0 Å². The van der Waals surface area contributed by atoms with Gasteiger partial charge in [0.05, 0.1) is 22.3 Å². The number of fused-ring (bicyclic) bond motifs is 7. The van der Waals surface area contributed by atoms with Gasteiger partial charge in [0.1, 0.15) is 11.2 Å². The predicted octanol–water partition coefficient (Wildman–Crippen LogP) is 11.5. The Morgan fingerprint density at radius 2 is 1.18 bits per heavy atom.